The van der Waals surface area contributed by atoms with Gasteiger partial charge in [0.1, 0.15) is 0 Å². The molecule has 3 aliphatic carbocycles. The molecule has 0 aromatic heterocycles. The van der Waals surface area contributed by atoms with Gasteiger partial charge in [0, 0.05) is 11.8 Å². The van der Waals surface area contributed by atoms with Gasteiger partial charge in [-0.15, -0.1) is 0 Å². The molecule has 2 heteroatoms. The average Bonchev–Trinajstić information content (AvgIpc) is 2.89. The van der Waals surface area contributed by atoms with E-state index in [4.69, 9.17) is 4.74 Å². The summed E-state index contributed by atoms with van der Waals surface area (Å²) >= 11 is 0. The lowest BCUT2D eigenvalue weighted by Crippen LogP contribution is -2.57. The van der Waals surface area contributed by atoms with Crippen molar-refractivity contribution in [3.8, 4) is 0 Å². The number of ether oxygens (including phenoxy) is 1. The highest BCUT2D eigenvalue weighted by Crippen LogP contribution is 2.55. The standard InChI is InChI=1S/C13H22O2/c14-11-9-12(13(11)7-3-4-8-13)15-10-5-1-2-6-10/h10-12,14H,1-9H2. The smallest absolute Gasteiger partial charge is 0.0684 e. The summed E-state index contributed by atoms with van der Waals surface area (Å²) in [6, 6.07) is 0. The molecule has 0 saturated heterocycles. The zero-order valence-electron chi connectivity index (χ0n) is 9.45. The summed E-state index contributed by atoms with van der Waals surface area (Å²) in [6.07, 6.45) is 11.9. The van der Waals surface area contributed by atoms with Crippen molar-refractivity contribution in [3.05, 3.63) is 0 Å². The van der Waals surface area contributed by atoms with Crippen molar-refractivity contribution in [3.63, 3.8) is 0 Å². The quantitative estimate of drug-likeness (QED) is 0.759. The highest BCUT2D eigenvalue weighted by atomic mass is 16.5. The molecule has 0 heterocycles. The lowest BCUT2D eigenvalue weighted by molar-refractivity contribution is -0.206. The SMILES string of the molecule is OC1CC(OC2CCCC2)C12CCCC2. The van der Waals surface area contributed by atoms with Gasteiger partial charge in [0.25, 0.3) is 0 Å². The third-order valence-electron chi connectivity index (χ3n) is 4.94. The van der Waals surface area contributed by atoms with Crippen LogP contribution in [0.4, 0.5) is 0 Å². The Morgan fingerprint density at radius 1 is 1.00 bits per heavy atom. The maximum absolute atomic E-state index is 9.96. The maximum Gasteiger partial charge on any atom is 0.0684 e. The minimum Gasteiger partial charge on any atom is -0.392 e. The Labute approximate surface area is 92.0 Å². The first-order valence-electron chi connectivity index (χ1n) is 6.65. The van der Waals surface area contributed by atoms with Gasteiger partial charge in [0.2, 0.25) is 0 Å². The van der Waals surface area contributed by atoms with Gasteiger partial charge in [-0.3, -0.25) is 0 Å². The van der Waals surface area contributed by atoms with Gasteiger partial charge >= 0.3 is 0 Å². The Morgan fingerprint density at radius 3 is 2.27 bits per heavy atom. The topological polar surface area (TPSA) is 29.5 Å². The van der Waals surface area contributed by atoms with Gasteiger partial charge in [-0.05, 0) is 25.7 Å². The predicted molar refractivity (Wildman–Crippen MR) is 58.7 cm³/mol. The maximum atomic E-state index is 9.96. The zero-order valence-corrected chi connectivity index (χ0v) is 9.45. The van der Waals surface area contributed by atoms with E-state index in [0.29, 0.717) is 12.2 Å². The van der Waals surface area contributed by atoms with Crippen molar-refractivity contribution in [2.24, 2.45) is 5.41 Å². The predicted octanol–water partition coefficient (Wildman–Crippen LogP) is 2.64. The average molecular weight is 210 g/mol. The summed E-state index contributed by atoms with van der Waals surface area (Å²) in [5.74, 6) is 0. The number of aliphatic hydroxyl groups is 1. The molecule has 0 aromatic carbocycles. The summed E-state index contributed by atoms with van der Waals surface area (Å²) in [7, 11) is 0. The minimum absolute atomic E-state index is 0.0635. The van der Waals surface area contributed by atoms with E-state index in [0.717, 1.165) is 6.42 Å². The van der Waals surface area contributed by atoms with Crippen LogP contribution in [0, 0.1) is 5.41 Å². The van der Waals surface area contributed by atoms with E-state index in [1.54, 1.807) is 0 Å². The van der Waals surface area contributed by atoms with Gasteiger partial charge in [0.15, 0.2) is 0 Å². The van der Waals surface area contributed by atoms with E-state index in [9.17, 15) is 5.11 Å². The van der Waals surface area contributed by atoms with Crippen molar-refractivity contribution in [2.45, 2.75) is 76.1 Å². The van der Waals surface area contributed by atoms with E-state index in [1.807, 2.05) is 0 Å². The third-order valence-corrected chi connectivity index (χ3v) is 4.94. The summed E-state index contributed by atoms with van der Waals surface area (Å²) in [6.45, 7) is 0. The van der Waals surface area contributed by atoms with E-state index in [2.05, 4.69) is 0 Å². The first kappa shape index (κ1) is 10.1. The Hall–Kier alpha value is -0.0800. The molecular weight excluding hydrogens is 188 g/mol. The van der Waals surface area contributed by atoms with Gasteiger partial charge in [-0.2, -0.15) is 0 Å². The Balaban J connectivity index is 1.62. The molecule has 3 fully saturated rings. The van der Waals surface area contributed by atoms with Crippen molar-refractivity contribution in [2.75, 3.05) is 0 Å². The Bertz CT molecular complexity index is 227. The first-order valence-corrected chi connectivity index (χ1v) is 6.65. The summed E-state index contributed by atoms with van der Waals surface area (Å²) < 4.78 is 6.20. The second-order valence-electron chi connectivity index (χ2n) is 5.72. The van der Waals surface area contributed by atoms with Crippen LogP contribution in [0.25, 0.3) is 0 Å². The highest BCUT2D eigenvalue weighted by molar-refractivity contribution is 5.06. The second-order valence-corrected chi connectivity index (χ2v) is 5.72. The number of hydrogen-bond acceptors (Lipinski definition) is 2. The van der Waals surface area contributed by atoms with E-state index >= 15 is 0 Å². The fraction of sp³-hybridized carbons (Fsp3) is 1.00. The van der Waals surface area contributed by atoms with Gasteiger partial charge < -0.3 is 9.84 Å². The summed E-state index contributed by atoms with van der Waals surface area (Å²) in [5, 5.41) is 9.96. The van der Waals surface area contributed by atoms with Crippen LogP contribution in [0.5, 0.6) is 0 Å². The lowest BCUT2D eigenvalue weighted by Gasteiger charge is -2.52. The molecule has 1 spiro atoms. The van der Waals surface area contributed by atoms with E-state index in [1.165, 1.54) is 51.4 Å². The second kappa shape index (κ2) is 3.74. The summed E-state index contributed by atoms with van der Waals surface area (Å²) in [5.41, 5.74) is 0.183. The van der Waals surface area contributed by atoms with Crippen LogP contribution in [0.15, 0.2) is 0 Å². The molecule has 0 aliphatic heterocycles. The first-order chi connectivity index (χ1) is 7.31. The largest absolute Gasteiger partial charge is 0.392 e. The Kier molecular flexibility index (Phi) is 2.52. The lowest BCUT2D eigenvalue weighted by atomic mass is 9.62. The van der Waals surface area contributed by atoms with Gasteiger partial charge in [-0.1, -0.05) is 25.7 Å². The molecule has 2 nitrogen and oxygen atoms in total. The fourth-order valence-corrected chi connectivity index (χ4v) is 3.86. The fourth-order valence-electron chi connectivity index (χ4n) is 3.86. The van der Waals surface area contributed by atoms with Crippen molar-refractivity contribution >= 4 is 0 Å². The van der Waals surface area contributed by atoms with Crippen molar-refractivity contribution < 1.29 is 9.84 Å². The normalized spacial score (nSPS) is 39.8. The molecule has 0 radical (unpaired) electrons. The number of aliphatic hydroxyl groups excluding tert-OH is 1. The van der Waals surface area contributed by atoms with Gasteiger partial charge in [0.05, 0.1) is 18.3 Å². The molecule has 3 saturated carbocycles. The molecular formula is C13H22O2. The monoisotopic (exact) mass is 210 g/mol. The van der Waals surface area contributed by atoms with Crippen molar-refractivity contribution in [1.29, 1.82) is 0 Å². The number of rotatable bonds is 2. The molecule has 2 unspecified atom stereocenters. The third kappa shape index (κ3) is 1.53. The van der Waals surface area contributed by atoms with Crippen molar-refractivity contribution in [1.82, 2.24) is 0 Å². The van der Waals surface area contributed by atoms with Crippen LogP contribution < -0.4 is 0 Å². The van der Waals surface area contributed by atoms with Crippen LogP contribution in [0.1, 0.15) is 57.8 Å². The van der Waals surface area contributed by atoms with E-state index in [-0.39, 0.29) is 11.5 Å². The highest BCUT2D eigenvalue weighted by Gasteiger charge is 2.56. The Morgan fingerprint density at radius 2 is 1.67 bits per heavy atom. The minimum atomic E-state index is -0.0635. The molecule has 86 valence electrons. The molecule has 0 bridgehead atoms. The molecule has 0 aromatic rings. The van der Waals surface area contributed by atoms with Crippen LogP contribution in [0.3, 0.4) is 0 Å². The van der Waals surface area contributed by atoms with E-state index < -0.39 is 0 Å². The molecule has 0 amide bonds. The molecule has 15 heavy (non-hydrogen) atoms. The van der Waals surface area contributed by atoms with Crippen LogP contribution in [0.2, 0.25) is 0 Å². The summed E-state index contributed by atoms with van der Waals surface area (Å²) in [4.78, 5) is 0. The zero-order chi connectivity index (χ0) is 10.3. The molecule has 1 N–H and O–H groups in total. The molecule has 2 atom stereocenters. The molecule has 3 aliphatic rings. The van der Waals surface area contributed by atoms with Gasteiger partial charge in [-0.25, -0.2) is 0 Å². The van der Waals surface area contributed by atoms with Crippen LogP contribution in [-0.2, 0) is 4.74 Å². The van der Waals surface area contributed by atoms with Crippen LogP contribution in [-0.4, -0.2) is 23.4 Å². The number of hydrogen-bond donors (Lipinski definition) is 1. The molecule has 3 rings (SSSR count). The van der Waals surface area contributed by atoms with Crippen LogP contribution >= 0.6 is 0 Å².